The molecule has 1 fully saturated rings. The number of esters is 2. The minimum absolute atomic E-state index is 0.172. The van der Waals surface area contributed by atoms with Gasteiger partial charge in [-0.15, -0.1) is 0 Å². The van der Waals surface area contributed by atoms with Gasteiger partial charge in [0.15, 0.2) is 0 Å². The molecule has 0 unspecified atom stereocenters. The molecule has 0 N–H and O–H groups in total. The average molecular weight is 306 g/mol. The van der Waals surface area contributed by atoms with Crippen LogP contribution in [-0.4, -0.2) is 30.9 Å². The van der Waals surface area contributed by atoms with Gasteiger partial charge in [-0.25, -0.2) is 9.59 Å². The summed E-state index contributed by atoms with van der Waals surface area (Å²) in [6.45, 7) is 0.286. The number of cyclic esters (lactones) is 1. The van der Waals surface area contributed by atoms with E-state index in [1.165, 1.54) is 0 Å². The zero-order chi connectivity index (χ0) is 14.8. The highest BCUT2D eigenvalue weighted by Gasteiger charge is 2.32. The average Bonchev–Trinajstić information content (AvgIpc) is 3.04. The van der Waals surface area contributed by atoms with Gasteiger partial charge in [-0.1, -0.05) is 18.2 Å². The van der Waals surface area contributed by atoms with E-state index in [1.807, 2.05) is 24.5 Å². The quantitative estimate of drug-likeness (QED) is 0.809. The van der Waals surface area contributed by atoms with Crippen molar-refractivity contribution in [1.29, 1.82) is 0 Å². The summed E-state index contributed by atoms with van der Waals surface area (Å²) < 4.78 is 15.6. The van der Waals surface area contributed by atoms with Crippen LogP contribution in [0, 0.1) is 0 Å². The summed E-state index contributed by atoms with van der Waals surface area (Å²) >= 11 is 1.59. The fraction of sp³-hybridized carbons (Fsp3) is 0.333. The van der Waals surface area contributed by atoms with E-state index in [2.05, 4.69) is 0 Å². The fourth-order valence-corrected chi connectivity index (χ4v) is 2.89. The molecule has 6 heteroatoms. The molecule has 1 aromatic carbocycles. The van der Waals surface area contributed by atoms with Crippen LogP contribution in [0.1, 0.15) is 22.5 Å². The molecule has 0 saturated carbocycles. The molecule has 1 aliphatic heterocycles. The molecule has 3 rings (SSSR count). The molecule has 1 saturated heterocycles. The first kappa shape index (κ1) is 14.0. The molecular formula is C15H14O5S. The predicted molar refractivity (Wildman–Crippen MR) is 78.2 cm³/mol. The number of ether oxygens (including phenoxy) is 2. The molecule has 110 valence electrons. The van der Waals surface area contributed by atoms with E-state index >= 15 is 0 Å². The zero-order valence-corrected chi connectivity index (χ0v) is 12.3. The van der Waals surface area contributed by atoms with E-state index in [4.69, 9.17) is 13.9 Å². The summed E-state index contributed by atoms with van der Waals surface area (Å²) in [7, 11) is 0. The van der Waals surface area contributed by atoms with Crippen LogP contribution in [0.2, 0.25) is 0 Å². The maximum Gasteiger partial charge on any atom is 0.375 e. The third kappa shape index (κ3) is 2.63. The molecule has 2 aromatic rings. The van der Waals surface area contributed by atoms with E-state index < -0.39 is 18.0 Å². The Hall–Kier alpha value is -1.95. The molecule has 0 amide bonds. The first-order valence-electron chi connectivity index (χ1n) is 6.57. The minimum atomic E-state index is -0.826. The summed E-state index contributed by atoms with van der Waals surface area (Å²) in [4.78, 5) is 23.7. The summed E-state index contributed by atoms with van der Waals surface area (Å²) in [6, 6.07) is 7.45. The Labute approximate surface area is 125 Å². The van der Waals surface area contributed by atoms with Crippen molar-refractivity contribution in [2.45, 2.75) is 18.3 Å². The van der Waals surface area contributed by atoms with Gasteiger partial charge in [0.1, 0.15) is 5.58 Å². The predicted octanol–water partition coefficient (Wildman–Crippen LogP) is 2.77. The van der Waals surface area contributed by atoms with Crippen molar-refractivity contribution >= 4 is 34.7 Å². The lowest BCUT2D eigenvalue weighted by Gasteiger charge is -2.07. The summed E-state index contributed by atoms with van der Waals surface area (Å²) in [5.74, 6) is -0.299. The van der Waals surface area contributed by atoms with Gasteiger partial charge in [-0.3, -0.25) is 0 Å². The number of hydrogen-bond donors (Lipinski definition) is 0. The van der Waals surface area contributed by atoms with E-state index in [0.29, 0.717) is 17.8 Å². The first-order valence-corrected chi connectivity index (χ1v) is 7.97. The lowest BCUT2D eigenvalue weighted by atomic mass is 10.1. The maximum atomic E-state index is 12.3. The number of carbonyl (C=O) groups is 2. The number of fused-ring (bicyclic) bond motifs is 1. The highest BCUT2D eigenvalue weighted by Crippen LogP contribution is 2.29. The van der Waals surface area contributed by atoms with Crippen LogP contribution in [0.25, 0.3) is 11.0 Å². The van der Waals surface area contributed by atoms with Crippen LogP contribution in [0.5, 0.6) is 0 Å². The van der Waals surface area contributed by atoms with Crippen LogP contribution >= 0.6 is 11.8 Å². The van der Waals surface area contributed by atoms with Crippen molar-refractivity contribution in [3.8, 4) is 0 Å². The van der Waals surface area contributed by atoms with Crippen LogP contribution in [-0.2, 0) is 20.0 Å². The van der Waals surface area contributed by atoms with Crippen LogP contribution in [0.4, 0.5) is 0 Å². The zero-order valence-electron chi connectivity index (χ0n) is 11.5. The third-order valence-corrected chi connectivity index (χ3v) is 3.89. The van der Waals surface area contributed by atoms with Crippen molar-refractivity contribution in [3.63, 3.8) is 0 Å². The molecule has 0 bridgehead atoms. The molecule has 21 heavy (non-hydrogen) atoms. The largest absolute Gasteiger partial charge is 0.463 e. The van der Waals surface area contributed by atoms with Crippen molar-refractivity contribution < 1.29 is 23.5 Å². The molecule has 1 aromatic heterocycles. The molecule has 0 spiro atoms. The van der Waals surface area contributed by atoms with Gasteiger partial charge >= 0.3 is 11.9 Å². The smallest absolute Gasteiger partial charge is 0.375 e. The van der Waals surface area contributed by atoms with Gasteiger partial charge in [0.2, 0.25) is 11.9 Å². The number of benzene rings is 1. The number of carbonyl (C=O) groups excluding carboxylic acids is 2. The highest BCUT2D eigenvalue weighted by atomic mass is 32.2. The Kier molecular flexibility index (Phi) is 3.88. The van der Waals surface area contributed by atoms with Crippen molar-refractivity contribution in [2.24, 2.45) is 0 Å². The van der Waals surface area contributed by atoms with Crippen LogP contribution in [0.3, 0.4) is 0 Å². The third-order valence-electron chi connectivity index (χ3n) is 3.31. The molecule has 1 atom stereocenters. The molecule has 1 aliphatic rings. The number of hydrogen-bond acceptors (Lipinski definition) is 6. The molecule has 0 aliphatic carbocycles. The number of thioether (sulfide) groups is 1. The Morgan fingerprint density at radius 1 is 1.43 bits per heavy atom. The normalized spacial score (nSPS) is 18.0. The second-order valence-electron chi connectivity index (χ2n) is 4.69. The Morgan fingerprint density at radius 2 is 2.24 bits per heavy atom. The van der Waals surface area contributed by atoms with E-state index in [9.17, 15) is 9.59 Å². The Balaban J connectivity index is 1.93. The summed E-state index contributed by atoms with van der Waals surface area (Å²) in [5, 5.41) is 0.896. The molecule has 5 nitrogen and oxygen atoms in total. The van der Waals surface area contributed by atoms with Gasteiger partial charge in [-0.05, 0) is 12.3 Å². The molecule has 2 heterocycles. The van der Waals surface area contributed by atoms with E-state index in [1.54, 1.807) is 17.8 Å². The maximum absolute atomic E-state index is 12.3. The van der Waals surface area contributed by atoms with E-state index in [0.717, 1.165) is 10.9 Å². The fourth-order valence-electron chi connectivity index (χ4n) is 2.32. The monoisotopic (exact) mass is 306 g/mol. The van der Waals surface area contributed by atoms with Gasteiger partial charge in [0, 0.05) is 23.1 Å². The topological polar surface area (TPSA) is 65.7 Å². The lowest BCUT2D eigenvalue weighted by molar-refractivity contribution is -0.145. The Morgan fingerprint density at radius 3 is 2.95 bits per heavy atom. The minimum Gasteiger partial charge on any atom is -0.463 e. The van der Waals surface area contributed by atoms with Crippen molar-refractivity contribution in [1.82, 2.24) is 0 Å². The molecule has 0 radical (unpaired) electrons. The summed E-state index contributed by atoms with van der Waals surface area (Å²) in [5.41, 5.74) is 1.44. The Bertz CT molecular complexity index is 690. The number of rotatable bonds is 4. The van der Waals surface area contributed by atoms with Crippen molar-refractivity contribution in [2.75, 3.05) is 12.9 Å². The van der Waals surface area contributed by atoms with Gasteiger partial charge in [-0.2, -0.15) is 11.8 Å². The lowest BCUT2D eigenvalue weighted by Crippen LogP contribution is -2.22. The highest BCUT2D eigenvalue weighted by molar-refractivity contribution is 7.97. The van der Waals surface area contributed by atoms with Crippen LogP contribution in [0.15, 0.2) is 28.7 Å². The summed E-state index contributed by atoms with van der Waals surface area (Å²) in [6.07, 6.45) is 1.52. The number of para-hydroxylation sites is 1. The van der Waals surface area contributed by atoms with Crippen molar-refractivity contribution in [3.05, 3.63) is 35.6 Å². The number of furan rings is 1. The molecular weight excluding hydrogens is 292 g/mol. The SMILES string of the molecule is CSCc1c(C(=O)O[C@@H]2CCOC2=O)oc2ccccc12. The van der Waals surface area contributed by atoms with Gasteiger partial charge < -0.3 is 13.9 Å². The van der Waals surface area contributed by atoms with Gasteiger partial charge in [0.05, 0.1) is 6.61 Å². The van der Waals surface area contributed by atoms with Gasteiger partial charge in [0.25, 0.3) is 0 Å². The second kappa shape index (κ2) is 5.81. The standard InChI is InChI=1S/C15H14O5S/c1-21-8-10-9-4-2-3-5-11(9)19-13(10)15(17)20-12-6-7-18-14(12)16/h2-5,12H,6-8H2,1H3/t12-/m1/s1. The first-order chi connectivity index (χ1) is 10.2. The second-order valence-corrected chi connectivity index (χ2v) is 5.56. The van der Waals surface area contributed by atoms with E-state index in [-0.39, 0.29) is 12.4 Å². The van der Waals surface area contributed by atoms with Crippen LogP contribution < -0.4 is 0 Å².